The average molecular weight is 334 g/mol. The van der Waals surface area contributed by atoms with E-state index in [0.29, 0.717) is 17.0 Å². The van der Waals surface area contributed by atoms with Crippen molar-refractivity contribution in [2.75, 3.05) is 11.4 Å². The van der Waals surface area contributed by atoms with Crippen molar-refractivity contribution in [2.24, 2.45) is 0 Å². The first-order chi connectivity index (χ1) is 9.34. The highest BCUT2D eigenvalue weighted by Crippen LogP contribution is 2.37. The first-order valence-corrected chi connectivity index (χ1v) is 7.80. The summed E-state index contributed by atoms with van der Waals surface area (Å²) in [7, 11) is -2.54. The maximum absolute atomic E-state index is 12.4. The molecule has 0 aliphatic heterocycles. The van der Waals surface area contributed by atoms with E-state index in [1.165, 1.54) is 31.6 Å². The van der Waals surface area contributed by atoms with Gasteiger partial charge in [-0.2, -0.15) is 0 Å². The lowest BCUT2D eigenvalue weighted by molar-refractivity contribution is -0.384. The summed E-state index contributed by atoms with van der Waals surface area (Å²) < 4.78 is 25.4. The van der Waals surface area contributed by atoms with Crippen LogP contribution in [0, 0.1) is 10.1 Å². The molecule has 2 aromatic rings. The van der Waals surface area contributed by atoms with Crippen LogP contribution in [-0.2, 0) is 10.0 Å². The third-order valence-electron chi connectivity index (χ3n) is 2.48. The molecule has 0 saturated heterocycles. The first kappa shape index (κ1) is 14.7. The maximum atomic E-state index is 12.4. The normalized spacial score (nSPS) is 11.3. The lowest BCUT2D eigenvalue weighted by Crippen LogP contribution is -2.25. The molecule has 2 aromatic heterocycles. The molecule has 10 heteroatoms. The molecule has 2 heterocycles. The third-order valence-corrected chi connectivity index (χ3v) is 6.06. The fraction of sp³-hybridized carbons (Fsp3) is 0.100. The molecular formula is C10H8ClN3O4S2. The van der Waals surface area contributed by atoms with Crippen LogP contribution < -0.4 is 4.31 Å². The van der Waals surface area contributed by atoms with Crippen molar-refractivity contribution in [1.29, 1.82) is 0 Å². The number of hydrogen-bond donors (Lipinski definition) is 0. The number of rotatable bonds is 4. The van der Waals surface area contributed by atoms with E-state index in [0.717, 1.165) is 10.4 Å². The van der Waals surface area contributed by atoms with Crippen molar-refractivity contribution < 1.29 is 13.3 Å². The fourth-order valence-corrected chi connectivity index (χ4v) is 4.45. The summed E-state index contributed by atoms with van der Waals surface area (Å²) in [5, 5.41) is 10.7. The molecule has 0 atom stereocenters. The van der Waals surface area contributed by atoms with Crippen LogP contribution in [0.2, 0.25) is 4.34 Å². The molecule has 0 aliphatic rings. The first-order valence-electron chi connectivity index (χ1n) is 5.16. The second-order valence-corrected chi connectivity index (χ2v) is 7.51. The quantitative estimate of drug-likeness (QED) is 0.633. The molecule has 0 spiro atoms. The Kier molecular flexibility index (Phi) is 3.93. The van der Waals surface area contributed by atoms with Gasteiger partial charge in [-0.15, -0.1) is 11.3 Å². The molecule has 7 nitrogen and oxygen atoms in total. The van der Waals surface area contributed by atoms with E-state index in [9.17, 15) is 18.5 Å². The standard InChI is InChI=1S/C10H8ClN3O4S2/c1-13(7-2-4-12-5-3-7)20(17,18)9-6-8(14(15)16)10(11)19-9/h2-6H,1H3. The Bertz CT molecular complexity index is 745. The maximum Gasteiger partial charge on any atom is 0.300 e. The molecule has 0 aromatic carbocycles. The minimum Gasteiger partial charge on any atom is -0.269 e. The highest BCUT2D eigenvalue weighted by atomic mass is 35.5. The summed E-state index contributed by atoms with van der Waals surface area (Å²) in [5.74, 6) is 0. The lowest BCUT2D eigenvalue weighted by Gasteiger charge is -2.17. The highest BCUT2D eigenvalue weighted by Gasteiger charge is 2.28. The Hall–Kier alpha value is -1.71. The largest absolute Gasteiger partial charge is 0.300 e. The van der Waals surface area contributed by atoms with E-state index in [2.05, 4.69) is 4.98 Å². The van der Waals surface area contributed by atoms with E-state index >= 15 is 0 Å². The Labute approximate surface area is 123 Å². The highest BCUT2D eigenvalue weighted by molar-refractivity contribution is 7.94. The zero-order valence-electron chi connectivity index (χ0n) is 10.1. The molecule has 0 unspecified atom stereocenters. The summed E-state index contributed by atoms with van der Waals surface area (Å²) in [6.45, 7) is 0. The fourth-order valence-electron chi connectivity index (χ4n) is 1.42. The molecule has 106 valence electrons. The molecule has 20 heavy (non-hydrogen) atoms. The van der Waals surface area contributed by atoms with Crippen LogP contribution in [0.25, 0.3) is 0 Å². The third kappa shape index (κ3) is 2.60. The van der Waals surface area contributed by atoms with Crippen molar-refractivity contribution >= 4 is 44.3 Å². The monoisotopic (exact) mass is 333 g/mol. The number of aromatic nitrogens is 1. The second kappa shape index (κ2) is 5.35. The van der Waals surface area contributed by atoms with Gasteiger partial charge in [0.05, 0.1) is 10.6 Å². The van der Waals surface area contributed by atoms with Gasteiger partial charge in [-0.3, -0.25) is 19.4 Å². The van der Waals surface area contributed by atoms with Crippen LogP contribution in [0.3, 0.4) is 0 Å². The van der Waals surface area contributed by atoms with Gasteiger partial charge in [0, 0.05) is 25.5 Å². The molecule has 0 N–H and O–H groups in total. The average Bonchev–Trinajstić information content (AvgIpc) is 2.82. The Morgan fingerprint density at radius 1 is 1.40 bits per heavy atom. The number of thiophene rings is 1. The van der Waals surface area contributed by atoms with Gasteiger partial charge in [0.1, 0.15) is 4.21 Å². The van der Waals surface area contributed by atoms with Gasteiger partial charge in [0.15, 0.2) is 4.34 Å². The number of anilines is 1. The van der Waals surface area contributed by atoms with Gasteiger partial charge in [-0.05, 0) is 12.1 Å². The van der Waals surface area contributed by atoms with E-state index in [1.807, 2.05) is 0 Å². The van der Waals surface area contributed by atoms with Gasteiger partial charge < -0.3 is 0 Å². The summed E-state index contributed by atoms with van der Waals surface area (Å²) >= 11 is 6.33. The Morgan fingerprint density at radius 2 is 2.00 bits per heavy atom. The van der Waals surface area contributed by atoms with Crippen LogP contribution in [0.1, 0.15) is 0 Å². The second-order valence-electron chi connectivity index (χ2n) is 3.66. The van der Waals surface area contributed by atoms with Gasteiger partial charge in [-0.1, -0.05) is 11.6 Å². The number of halogens is 1. The lowest BCUT2D eigenvalue weighted by atomic mass is 10.4. The Balaban J connectivity index is 2.46. The molecule has 0 fully saturated rings. The molecule has 0 saturated carbocycles. The van der Waals surface area contributed by atoms with Crippen molar-refractivity contribution in [3.63, 3.8) is 0 Å². The molecule has 0 radical (unpaired) electrons. The van der Waals surface area contributed by atoms with Crippen molar-refractivity contribution in [3.8, 4) is 0 Å². The zero-order valence-corrected chi connectivity index (χ0v) is 12.4. The predicted octanol–water partition coefficient (Wildman–Crippen LogP) is 2.53. The SMILES string of the molecule is CN(c1ccncc1)S(=O)(=O)c1cc([N+](=O)[O-])c(Cl)s1. The summed E-state index contributed by atoms with van der Waals surface area (Å²) in [6.07, 6.45) is 2.90. The van der Waals surface area contributed by atoms with Gasteiger partial charge in [0.25, 0.3) is 15.7 Å². The van der Waals surface area contributed by atoms with Crippen LogP contribution >= 0.6 is 22.9 Å². The van der Waals surface area contributed by atoms with Crippen LogP contribution in [0.15, 0.2) is 34.8 Å². The molecule has 2 rings (SSSR count). The summed E-state index contributed by atoms with van der Waals surface area (Å²) in [4.78, 5) is 13.8. The summed E-state index contributed by atoms with van der Waals surface area (Å²) in [5.41, 5.74) is -0.0226. The molecule has 0 aliphatic carbocycles. The Morgan fingerprint density at radius 3 is 2.50 bits per heavy atom. The smallest absolute Gasteiger partial charge is 0.269 e. The van der Waals surface area contributed by atoms with E-state index in [-0.39, 0.29) is 8.55 Å². The molecule has 0 amide bonds. The topological polar surface area (TPSA) is 93.4 Å². The number of sulfonamides is 1. The number of nitrogens with zero attached hydrogens (tertiary/aromatic N) is 3. The van der Waals surface area contributed by atoms with Gasteiger partial charge >= 0.3 is 0 Å². The molecular weight excluding hydrogens is 326 g/mol. The minimum atomic E-state index is -3.89. The number of nitro groups is 1. The molecule has 0 bridgehead atoms. The van der Waals surface area contributed by atoms with E-state index < -0.39 is 20.6 Å². The van der Waals surface area contributed by atoms with Crippen molar-refractivity contribution in [2.45, 2.75) is 4.21 Å². The van der Waals surface area contributed by atoms with Crippen LogP contribution in [0.4, 0.5) is 11.4 Å². The van der Waals surface area contributed by atoms with Crippen molar-refractivity contribution in [3.05, 3.63) is 45.0 Å². The zero-order chi connectivity index (χ0) is 14.9. The minimum absolute atomic E-state index is 0.170. The van der Waals surface area contributed by atoms with Crippen LogP contribution in [-0.4, -0.2) is 25.4 Å². The summed E-state index contributed by atoms with van der Waals surface area (Å²) in [6, 6.07) is 3.99. The van der Waals surface area contributed by atoms with Gasteiger partial charge in [-0.25, -0.2) is 8.42 Å². The van der Waals surface area contributed by atoms with Crippen molar-refractivity contribution in [1.82, 2.24) is 4.98 Å². The van der Waals surface area contributed by atoms with Gasteiger partial charge in [0.2, 0.25) is 0 Å². The van der Waals surface area contributed by atoms with E-state index in [4.69, 9.17) is 11.6 Å². The van der Waals surface area contributed by atoms with Crippen LogP contribution in [0.5, 0.6) is 0 Å². The number of hydrogen-bond acceptors (Lipinski definition) is 6. The van der Waals surface area contributed by atoms with E-state index in [1.54, 1.807) is 0 Å². The predicted molar refractivity (Wildman–Crippen MR) is 75.8 cm³/mol. The number of pyridine rings is 1.